The van der Waals surface area contributed by atoms with Crippen molar-refractivity contribution in [1.29, 1.82) is 0 Å². The molecule has 0 unspecified atom stereocenters. The van der Waals surface area contributed by atoms with Crippen LogP contribution in [0.1, 0.15) is 6.92 Å². The summed E-state index contributed by atoms with van der Waals surface area (Å²) in [5, 5.41) is 0. The smallest absolute Gasteiger partial charge is 0.422 e. The largest absolute Gasteiger partial charge is 0.458 e. The lowest BCUT2D eigenvalue weighted by atomic mass is 10.4. The second kappa shape index (κ2) is 5.65. The molecule has 0 N–H and O–H groups in total. The fourth-order valence-corrected chi connectivity index (χ4v) is 0.930. The predicted molar refractivity (Wildman–Crippen MR) is 55.0 cm³/mol. The van der Waals surface area contributed by atoms with Gasteiger partial charge in [0.25, 0.3) is 0 Å². The van der Waals surface area contributed by atoms with Gasteiger partial charge in [-0.15, -0.1) is 0 Å². The number of hydrogen-bond acceptors (Lipinski definition) is 5. The maximum Gasteiger partial charge on any atom is 0.422 e. The lowest BCUT2D eigenvalue weighted by molar-refractivity contribution is -0.161. The van der Waals surface area contributed by atoms with Gasteiger partial charge in [0.15, 0.2) is 5.75 Å². The van der Waals surface area contributed by atoms with E-state index in [0.717, 1.165) is 0 Å². The summed E-state index contributed by atoms with van der Waals surface area (Å²) in [6.45, 7) is 1.63. The van der Waals surface area contributed by atoms with Crippen LogP contribution in [0.2, 0.25) is 0 Å². The Labute approximate surface area is 91.6 Å². The molecule has 0 fully saturated rings. The van der Waals surface area contributed by atoms with Crippen LogP contribution in [0.4, 0.5) is 0 Å². The molecule has 0 aliphatic rings. The van der Waals surface area contributed by atoms with Crippen molar-refractivity contribution in [3.8, 4) is 5.75 Å². The van der Waals surface area contributed by atoms with E-state index in [4.69, 9.17) is 0 Å². The molecule has 0 spiro atoms. The van der Waals surface area contributed by atoms with E-state index < -0.39 is 17.4 Å². The summed E-state index contributed by atoms with van der Waals surface area (Å²) < 4.78 is 9.02. The molecule has 84 valence electrons. The standard InChI is InChI=1S/C11H10O5/c1-2-15-10(13)11(14)16-9-7-5-3-4-6-8(9)12/h3-7H,2H2,1H3. The Morgan fingerprint density at radius 2 is 1.81 bits per heavy atom. The van der Waals surface area contributed by atoms with Gasteiger partial charge < -0.3 is 9.47 Å². The first-order chi connectivity index (χ1) is 7.65. The van der Waals surface area contributed by atoms with E-state index in [1.165, 1.54) is 24.3 Å². The molecule has 5 heteroatoms. The Bertz CT molecular complexity index is 452. The van der Waals surface area contributed by atoms with E-state index in [9.17, 15) is 14.4 Å². The van der Waals surface area contributed by atoms with Crippen LogP contribution < -0.4 is 10.2 Å². The van der Waals surface area contributed by atoms with E-state index in [1.807, 2.05) is 0 Å². The minimum atomic E-state index is -1.20. The van der Waals surface area contributed by atoms with E-state index in [1.54, 1.807) is 13.0 Å². The van der Waals surface area contributed by atoms with Crippen molar-refractivity contribution in [2.75, 3.05) is 6.61 Å². The van der Waals surface area contributed by atoms with Gasteiger partial charge in [-0.05, 0) is 19.1 Å². The van der Waals surface area contributed by atoms with Crippen molar-refractivity contribution < 1.29 is 19.1 Å². The first-order valence-corrected chi connectivity index (χ1v) is 4.63. The number of rotatable bonds is 2. The molecule has 0 saturated heterocycles. The Kier molecular flexibility index (Phi) is 4.20. The van der Waals surface area contributed by atoms with Gasteiger partial charge in [0, 0.05) is 0 Å². The van der Waals surface area contributed by atoms with Gasteiger partial charge in [0.2, 0.25) is 5.43 Å². The SMILES string of the molecule is CCOC(=O)C(=O)Oc1cccccc1=O. The Morgan fingerprint density at radius 3 is 2.50 bits per heavy atom. The molecule has 1 aromatic carbocycles. The van der Waals surface area contributed by atoms with Crippen LogP contribution in [0.15, 0.2) is 35.1 Å². The van der Waals surface area contributed by atoms with E-state index in [-0.39, 0.29) is 12.4 Å². The topological polar surface area (TPSA) is 69.7 Å². The minimum Gasteiger partial charge on any atom is -0.458 e. The van der Waals surface area contributed by atoms with Crippen LogP contribution in [0.3, 0.4) is 0 Å². The normalized spacial score (nSPS) is 9.31. The van der Waals surface area contributed by atoms with Crippen molar-refractivity contribution in [3.63, 3.8) is 0 Å². The zero-order chi connectivity index (χ0) is 12.0. The maximum atomic E-state index is 11.3. The van der Waals surface area contributed by atoms with Gasteiger partial charge in [0.05, 0.1) is 6.61 Å². The molecule has 0 amide bonds. The lowest BCUT2D eigenvalue weighted by Gasteiger charge is -2.00. The van der Waals surface area contributed by atoms with Crippen LogP contribution in [0, 0.1) is 0 Å². The highest BCUT2D eigenvalue weighted by atomic mass is 16.6. The number of carbonyl (C=O) groups excluding carboxylic acids is 2. The van der Waals surface area contributed by atoms with Crippen molar-refractivity contribution >= 4 is 11.9 Å². The lowest BCUT2D eigenvalue weighted by Crippen LogP contribution is -2.24. The number of esters is 2. The number of carbonyl (C=O) groups is 2. The summed E-state index contributed by atoms with van der Waals surface area (Å²) in [6, 6.07) is 7.16. The molecule has 0 saturated carbocycles. The second-order valence-electron chi connectivity index (χ2n) is 2.75. The van der Waals surface area contributed by atoms with Gasteiger partial charge >= 0.3 is 11.9 Å². The molecule has 5 nitrogen and oxygen atoms in total. The van der Waals surface area contributed by atoms with Gasteiger partial charge in [0.1, 0.15) is 0 Å². The van der Waals surface area contributed by atoms with Crippen molar-refractivity contribution in [3.05, 3.63) is 40.6 Å². The fourth-order valence-electron chi connectivity index (χ4n) is 0.930. The van der Waals surface area contributed by atoms with Gasteiger partial charge in [-0.3, -0.25) is 4.79 Å². The Hall–Kier alpha value is -2.17. The van der Waals surface area contributed by atoms with Crippen LogP contribution in [-0.2, 0) is 14.3 Å². The zero-order valence-corrected chi connectivity index (χ0v) is 8.64. The summed E-state index contributed by atoms with van der Waals surface area (Å²) >= 11 is 0. The highest BCUT2D eigenvalue weighted by molar-refractivity contribution is 6.30. The quantitative estimate of drug-likeness (QED) is 0.538. The van der Waals surface area contributed by atoms with Gasteiger partial charge in [-0.25, -0.2) is 9.59 Å². The highest BCUT2D eigenvalue weighted by Gasteiger charge is 2.18. The molecule has 0 radical (unpaired) electrons. The monoisotopic (exact) mass is 222 g/mol. The molecule has 0 aromatic heterocycles. The van der Waals surface area contributed by atoms with Crippen LogP contribution >= 0.6 is 0 Å². The van der Waals surface area contributed by atoms with Crippen LogP contribution in [0.5, 0.6) is 5.75 Å². The van der Waals surface area contributed by atoms with Crippen LogP contribution in [-0.4, -0.2) is 18.5 Å². The Morgan fingerprint density at radius 1 is 1.12 bits per heavy atom. The summed E-state index contributed by atoms with van der Waals surface area (Å²) in [7, 11) is 0. The molecule has 1 rings (SSSR count). The molecular formula is C11H10O5. The second-order valence-corrected chi connectivity index (χ2v) is 2.75. The van der Waals surface area contributed by atoms with E-state index in [0.29, 0.717) is 0 Å². The molecule has 0 heterocycles. The fraction of sp³-hybridized carbons (Fsp3) is 0.182. The Balaban J connectivity index is 2.82. The first-order valence-electron chi connectivity index (χ1n) is 4.63. The first kappa shape index (κ1) is 11.9. The third kappa shape index (κ3) is 3.20. The molecule has 0 bridgehead atoms. The third-order valence-electron chi connectivity index (χ3n) is 1.61. The molecule has 16 heavy (non-hydrogen) atoms. The predicted octanol–water partition coefficient (Wildman–Crippen LogP) is 0.515. The van der Waals surface area contributed by atoms with Gasteiger partial charge in [-0.2, -0.15) is 0 Å². The average Bonchev–Trinajstić information content (AvgIpc) is 2.45. The maximum absolute atomic E-state index is 11.3. The van der Waals surface area contributed by atoms with E-state index >= 15 is 0 Å². The summed E-state index contributed by atoms with van der Waals surface area (Å²) in [5.41, 5.74) is -0.484. The summed E-state index contributed by atoms with van der Waals surface area (Å²) in [4.78, 5) is 33.4. The molecule has 0 aliphatic heterocycles. The average molecular weight is 222 g/mol. The van der Waals surface area contributed by atoms with Crippen molar-refractivity contribution in [2.45, 2.75) is 6.92 Å². The molecule has 0 atom stereocenters. The molecular weight excluding hydrogens is 212 g/mol. The van der Waals surface area contributed by atoms with Crippen molar-refractivity contribution in [1.82, 2.24) is 0 Å². The minimum absolute atomic E-state index is 0.0702. The third-order valence-corrected chi connectivity index (χ3v) is 1.61. The van der Waals surface area contributed by atoms with Crippen molar-refractivity contribution in [2.24, 2.45) is 0 Å². The van der Waals surface area contributed by atoms with Gasteiger partial charge in [-0.1, -0.05) is 18.2 Å². The number of ether oxygens (including phenoxy) is 2. The van der Waals surface area contributed by atoms with Crippen LogP contribution in [0.25, 0.3) is 0 Å². The molecule has 0 aliphatic carbocycles. The highest BCUT2D eigenvalue weighted by Crippen LogP contribution is 2.01. The summed E-state index contributed by atoms with van der Waals surface area (Å²) in [5.74, 6) is -2.53. The van der Waals surface area contributed by atoms with E-state index in [2.05, 4.69) is 9.47 Å². The summed E-state index contributed by atoms with van der Waals surface area (Å²) in [6.07, 6.45) is 0. The zero-order valence-electron chi connectivity index (χ0n) is 8.64. The molecule has 1 aromatic rings. The number of hydrogen-bond donors (Lipinski definition) is 0.